The first-order valence-corrected chi connectivity index (χ1v) is 10.8. The van der Waals surface area contributed by atoms with Crippen LogP contribution in [0.4, 0.5) is 4.79 Å². The number of aromatic nitrogens is 2. The molecule has 8 heteroatoms. The lowest BCUT2D eigenvalue weighted by Gasteiger charge is -2.32. The number of rotatable bonds is 3. The molecule has 1 saturated carbocycles. The minimum absolute atomic E-state index is 0.0275. The topological polar surface area (TPSA) is 75.9 Å². The first-order valence-electron chi connectivity index (χ1n) is 9.96. The fraction of sp³-hybridized carbons (Fsp3) is 0.650. The third-order valence-corrected chi connectivity index (χ3v) is 6.46. The Hall–Kier alpha value is -2.09. The van der Waals surface area contributed by atoms with E-state index in [0.717, 1.165) is 36.3 Å². The standard InChI is InChI=1S/C20H28N4O3S/c1-12-16(23-8-9-28-18(23)22-12)17(25)21-11-14-10-13-6-5-7-15(13)24(14)19(26)27-20(2,3)4/h8-9,13-15H,5-7,10-11H2,1-4H3,(H,21,25). The van der Waals surface area contributed by atoms with Crippen molar-refractivity contribution in [3.63, 3.8) is 0 Å². The van der Waals surface area contributed by atoms with Gasteiger partial charge in [-0.15, -0.1) is 11.3 Å². The second-order valence-corrected chi connectivity index (χ2v) is 9.72. The SMILES string of the molecule is Cc1nc2sccn2c1C(=O)NCC1CC2CCCC2N1C(=O)OC(C)(C)C. The summed E-state index contributed by atoms with van der Waals surface area (Å²) in [7, 11) is 0. The maximum absolute atomic E-state index is 12.9. The van der Waals surface area contributed by atoms with Gasteiger partial charge in [0, 0.05) is 24.2 Å². The Labute approximate surface area is 169 Å². The molecule has 0 spiro atoms. The van der Waals surface area contributed by atoms with E-state index in [1.54, 1.807) is 0 Å². The number of hydrogen-bond donors (Lipinski definition) is 1. The van der Waals surface area contributed by atoms with Crippen LogP contribution in [-0.2, 0) is 4.74 Å². The van der Waals surface area contributed by atoms with Crippen LogP contribution >= 0.6 is 11.3 Å². The third-order valence-electron chi connectivity index (χ3n) is 5.70. The van der Waals surface area contributed by atoms with Crippen molar-refractivity contribution in [2.75, 3.05) is 6.54 Å². The molecule has 1 saturated heterocycles. The van der Waals surface area contributed by atoms with Crippen LogP contribution in [0.15, 0.2) is 11.6 Å². The van der Waals surface area contributed by atoms with E-state index in [1.165, 1.54) is 11.3 Å². The molecule has 0 radical (unpaired) electrons. The van der Waals surface area contributed by atoms with E-state index in [-0.39, 0.29) is 24.1 Å². The number of likely N-dealkylation sites (tertiary alicyclic amines) is 1. The van der Waals surface area contributed by atoms with Crippen molar-refractivity contribution in [3.05, 3.63) is 23.0 Å². The molecule has 152 valence electrons. The highest BCUT2D eigenvalue weighted by Gasteiger charge is 2.47. The Bertz CT molecular complexity index is 897. The van der Waals surface area contributed by atoms with Gasteiger partial charge in [0.05, 0.1) is 11.7 Å². The van der Waals surface area contributed by atoms with E-state index < -0.39 is 5.60 Å². The van der Waals surface area contributed by atoms with Crippen LogP contribution in [0.1, 0.15) is 62.6 Å². The predicted octanol–water partition coefficient (Wildman–Crippen LogP) is 3.61. The quantitative estimate of drug-likeness (QED) is 0.848. The highest BCUT2D eigenvalue weighted by Crippen LogP contribution is 2.41. The van der Waals surface area contributed by atoms with E-state index in [4.69, 9.17) is 4.74 Å². The molecule has 0 bridgehead atoms. The maximum atomic E-state index is 12.9. The Balaban J connectivity index is 1.48. The first kappa shape index (κ1) is 19.2. The van der Waals surface area contributed by atoms with E-state index in [2.05, 4.69) is 10.3 Å². The molecule has 2 aromatic rings. The molecule has 2 aromatic heterocycles. The van der Waals surface area contributed by atoms with Crippen LogP contribution in [0.3, 0.4) is 0 Å². The minimum Gasteiger partial charge on any atom is -0.444 e. The summed E-state index contributed by atoms with van der Waals surface area (Å²) in [6.45, 7) is 7.94. The van der Waals surface area contributed by atoms with Gasteiger partial charge in [0.25, 0.3) is 5.91 Å². The number of nitrogens with one attached hydrogen (secondary N) is 1. The zero-order valence-corrected chi connectivity index (χ0v) is 17.7. The number of ether oxygens (including phenoxy) is 1. The van der Waals surface area contributed by atoms with Crippen LogP contribution in [0.2, 0.25) is 0 Å². The summed E-state index contributed by atoms with van der Waals surface area (Å²) in [5.74, 6) is 0.360. The van der Waals surface area contributed by atoms with Gasteiger partial charge < -0.3 is 15.0 Å². The van der Waals surface area contributed by atoms with Crippen LogP contribution in [0.25, 0.3) is 4.96 Å². The fourth-order valence-corrected chi connectivity index (χ4v) is 5.39. The Morgan fingerprint density at radius 3 is 2.89 bits per heavy atom. The van der Waals surface area contributed by atoms with E-state index in [9.17, 15) is 9.59 Å². The average Bonchev–Trinajstić information content (AvgIpc) is 3.30. The van der Waals surface area contributed by atoms with Crippen molar-refractivity contribution in [2.24, 2.45) is 5.92 Å². The number of carbonyl (C=O) groups excluding carboxylic acids is 2. The number of imidazole rings is 1. The molecule has 3 atom stereocenters. The molecule has 0 aromatic carbocycles. The van der Waals surface area contributed by atoms with Crippen LogP contribution in [-0.4, -0.2) is 50.5 Å². The molecule has 3 unspecified atom stereocenters. The molecule has 28 heavy (non-hydrogen) atoms. The summed E-state index contributed by atoms with van der Waals surface area (Å²) in [6.07, 6.45) is 5.84. The Kier molecular flexibility index (Phi) is 4.85. The molecule has 1 N–H and O–H groups in total. The van der Waals surface area contributed by atoms with Crippen LogP contribution in [0, 0.1) is 12.8 Å². The number of thiazole rings is 1. The molecular weight excluding hydrogens is 376 g/mol. The van der Waals surface area contributed by atoms with Gasteiger partial charge in [0.15, 0.2) is 4.96 Å². The van der Waals surface area contributed by atoms with Crippen molar-refractivity contribution < 1.29 is 14.3 Å². The summed E-state index contributed by atoms with van der Waals surface area (Å²) in [6, 6.07) is 0.206. The summed E-state index contributed by atoms with van der Waals surface area (Å²) < 4.78 is 7.49. The zero-order valence-electron chi connectivity index (χ0n) is 16.9. The largest absolute Gasteiger partial charge is 0.444 e. The van der Waals surface area contributed by atoms with Gasteiger partial charge in [0.2, 0.25) is 0 Å². The fourth-order valence-electron chi connectivity index (χ4n) is 4.63. The summed E-state index contributed by atoms with van der Waals surface area (Å²) in [5.41, 5.74) is 0.760. The summed E-state index contributed by atoms with van der Waals surface area (Å²) in [5, 5.41) is 4.96. The van der Waals surface area contributed by atoms with Crippen molar-refractivity contribution in [3.8, 4) is 0 Å². The van der Waals surface area contributed by atoms with Crippen molar-refractivity contribution in [1.29, 1.82) is 0 Å². The van der Waals surface area contributed by atoms with Gasteiger partial charge >= 0.3 is 6.09 Å². The molecule has 2 aliphatic rings. The lowest BCUT2D eigenvalue weighted by molar-refractivity contribution is 0.0138. The Morgan fingerprint density at radius 2 is 2.14 bits per heavy atom. The summed E-state index contributed by atoms with van der Waals surface area (Å²) >= 11 is 1.51. The molecule has 1 aliphatic heterocycles. The Morgan fingerprint density at radius 1 is 1.36 bits per heavy atom. The molecule has 3 heterocycles. The second kappa shape index (κ2) is 7.06. The van der Waals surface area contributed by atoms with Crippen LogP contribution < -0.4 is 5.32 Å². The molecule has 2 fully saturated rings. The van der Waals surface area contributed by atoms with E-state index in [1.807, 2.05) is 48.6 Å². The minimum atomic E-state index is -0.527. The van der Waals surface area contributed by atoms with Gasteiger partial charge in [0.1, 0.15) is 11.3 Å². The lowest BCUT2D eigenvalue weighted by atomic mass is 10.0. The highest BCUT2D eigenvalue weighted by molar-refractivity contribution is 7.15. The number of amides is 2. The third kappa shape index (κ3) is 3.50. The number of aryl methyl sites for hydroxylation is 1. The number of nitrogens with zero attached hydrogens (tertiary/aromatic N) is 3. The monoisotopic (exact) mass is 404 g/mol. The molecule has 4 rings (SSSR count). The number of carbonyl (C=O) groups is 2. The number of hydrogen-bond acceptors (Lipinski definition) is 5. The number of fused-ring (bicyclic) bond motifs is 2. The lowest BCUT2D eigenvalue weighted by Crippen LogP contribution is -2.48. The molecule has 7 nitrogen and oxygen atoms in total. The van der Waals surface area contributed by atoms with Crippen molar-refractivity contribution >= 4 is 28.3 Å². The second-order valence-electron chi connectivity index (χ2n) is 8.85. The van der Waals surface area contributed by atoms with Crippen LogP contribution in [0.5, 0.6) is 0 Å². The van der Waals surface area contributed by atoms with Crippen molar-refractivity contribution in [1.82, 2.24) is 19.6 Å². The predicted molar refractivity (Wildman–Crippen MR) is 108 cm³/mol. The average molecular weight is 405 g/mol. The molecule has 1 aliphatic carbocycles. The van der Waals surface area contributed by atoms with Crippen molar-refractivity contribution in [2.45, 2.75) is 71.1 Å². The maximum Gasteiger partial charge on any atom is 0.410 e. The van der Waals surface area contributed by atoms with Gasteiger partial charge in [-0.25, -0.2) is 9.78 Å². The first-order chi connectivity index (χ1) is 13.2. The molecule has 2 amide bonds. The normalized spacial score (nSPS) is 24.6. The molecular formula is C20H28N4O3S. The van der Waals surface area contributed by atoms with Gasteiger partial charge in [-0.1, -0.05) is 6.42 Å². The summed E-state index contributed by atoms with van der Waals surface area (Å²) in [4.78, 5) is 32.9. The zero-order chi connectivity index (χ0) is 20.1. The van der Waals surface area contributed by atoms with Gasteiger partial charge in [-0.05, 0) is 52.9 Å². The highest BCUT2D eigenvalue weighted by atomic mass is 32.1. The van der Waals surface area contributed by atoms with E-state index in [0.29, 0.717) is 18.2 Å². The van der Waals surface area contributed by atoms with Gasteiger partial charge in [-0.2, -0.15) is 0 Å². The van der Waals surface area contributed by atoms with E-state index >= 15 is 0 Å². The van der Waals surface area contributed by atoms with Gasteiger partial charge in [-0.3, -0.25) is 9.20 Å². The smallest absolute Gasteiger partial charge is 0.410 e.